The van der Waals surface area contributed by atoms with E-state index in [9.17, 15) is 14.9 Å². The zero-order valence-corrected chi connectivity index (χ0v) is 13.8. The highest BCUT2D eigenvalue weighted by molar-refractivity contribution is 6.31. The van der Waals surface area contributed by atoms with Gasteiger partial charge in [0.2, 0.25) is 5.91 Å². The average Bonchev–Trinajstić information content (AvgIpc) is 2.56. The maximum atomic E-state index is 12.0. The van der Waals surface area contributed by atoms with Gasteiger partial charge in [-0.1, -0.05) is 23.7 Å². The van der Waals surface area contributed by atoms with Crippen molar-refractivity contribution >= 4 is 35.0 Å². The molecule has 2 aromatic carbocycles. The molecule has 0 radical (unpaired) electrons. The zero-order chi connectivity index (χ0) is 17.7. The average molecular weight is 347 g/mol. The number of nitrogens with zero attached hydrogens (tertiary/aromatic N) is 1. The van der Waals surface area contributed by atoms with E-state index in [2.05, 4.69) is 5.32 Å². The van der Waals surface area contributed by atoms with E-state index in [0.29, 0.717) is 22.0 Å². The molecule has 0 aliphatic heterocycles. The van der Waals surface area contributed by atoms with Crippen LogP contribution in [0.5, 0.6) is 5.75 Å². The second-order valence-corrected chi connectivity index (χ2v) is 5.38. The van der Waals surface area contributed by atoms with Crippen LogP contribution in [0.25, 0.3) is 6.08 Å². The third kappa shape index (κ3) is 4.33. The van der Waals surface area contributed by atoms with Gasteiger partial charge in [0.25, 0.3) is 5.69 Å². The second-order valence-electron chi connectivity index (χ2n) is 4.98. The van der Waals surface area contributed by atoms with Crippen molar-refractivity contribution in [2.75, 3.05) is 12.4 Å². The number of halogens is 1. The van der Waals surface area contributed by atoms with Gasteiger partial charge in [0.1, 0.15) is 5.75 Å². The van der Waals surface area contributed by atoms with Crippen molar-refractivity contribution in [1.82, 2.24) is 0 Å². The molecule has 6 nitrogen and oxygen atoms in total. The molecule has 1 amide bonds. The molecule has 0 aromatic heterocycles. The summed E-state index contributed by atoms with van der Waals surface area (Å²) in [5, 5.41) is 14.0. The first-order valence-corrected chi connectivity index (χ1v) is 7.36. The Morgan fingerprint density at radius 1 is 1.33 bits per heavy atom. The van der Waals surface area contributed by atoms with E-state index in [1.54, 1.807) is 24.3 Å². The van der Waals surface area contributed by atoms with Crippen molar-refractivity contribution in [2.45, 2.75) is 6.92 Å². The molecule has 124 valence electrons. The highest BCUT2D eigenvalue weighted by Gasteiger charge is 2.09. The number of aryl methyl sites for hydroxylation is 1. The number of hydrogen-bond acceptors (Lipinski definition) is 4. The first-order valence-electron chi connectivity index (χ1n) is 6.98. The fourth-order valence-electron chi connectivity index (χ4n) is 2.02. The highest BCUT2D eigenvalue weighted by Crippen LogP contribution is 2.30. The topological polar surface area (TPSA) is 81.5 Å². The zero-order valence-electron chi connectivity index (χ0n) is 13.1. The van der Waals surface area contributed by atoms with Crippen LogP contribution in [0.4, 0.5) is 11.4 Å². The van der Waals surface area contributed by atoms with Crippen LogP contribution in [-0.4, -0.2) is 17.9 Å². The van der Waals surface area contributed by atoms with E-state index < -0.39 is 4.92 Å². The van der Waals surface area contributed by atoms with Crippen molar-refractivity contribution in [3.05, 3.63) is 68.7 Å². The number of benzene rings is 2. The number of rotatable bonds is 5. The van der Waals surface area contributed by atoms with Crippen LogP contribution in [0.3, 0.4) is 0 Å². The van der Waals surface area contributed by atoms with E-state index in [1.807, 2.05) is 6.92 Å². The number of nitro groups is 1. The van der Waals surface area contributed by atoms with Crippen LogP contribution < -0.4 is 10.1 Å². The molecule has 0 aliphatic rings. The molecule has 7 heteroatoms. The van der Waals surface area contributed by atoms with Crippen molar-refractivity contribution in [1.29, 1.82) is 0 Å². The second kappa shape index (κ2) is 7.61. The Labute approximate surface area is 143 Å². The largest absolute Gasteiger partial charge is 0.495 e. The summed E-state index contributed by atoms with van der Waals surface area (Å²) in [5.41, 5.74) is 1.81. The number of ether oxygens (including phenoxy) is 1. The first kappa shape index (κ1) is 17.5. The quantitative estimate of drug-likeness (QED) is 0.499. The van der Waals surface area contributed by atoms with Gasteiger partial charge in [-0.25, -0.2) is 0 Å². The molecule has 0 heterocycles. The highest BCUT2D eigenvalue weighted by atomic mass is 35.5. The van der Waals surface area contributed by atoms with Gasteiger partial charge in [-0.15, -0.1) is 0 Å². The molecule has 0 fully saturated rings. The van der Waals surface area contributed by atoms with Crippen LogP contribution in [-0.2, 0) is 4.79 Å². The molecule has 0 atom stereocenters. The number of amides is 1. The minimum Gasteiger partial charge on any atom is -0.495 e. The molecule has 0 spiro atoms. The van der Waals surface area contributed by atoms with Gasteiger partial charge in [-0.05, 0) is 30.2 Å². The number of nitro benzene ring substituents is 1. The van der Waals surface area contributed by atoms with E-state index in [4.69, 9.17) is 16.3 Å². The van der Waals surface area contributed by atoms with Gasteiger partial charge >= 0.3 is 0 Å². The molecule has 2 aromatic rings. The number of nitrogens with one attached hydrogen (secondary N) is 1. The minimum atomic E-state index is -0.487. The Bertz CT molecular complexity index is 818. The Morgan fingerprint density at radius 2 is 2.08 bits per heavy atom. The maximum Gasteiger partial charge on any atom is 0.270 e. The van der Waals surface area contributed by atoms with Crippen LogP contribution in [0, 0.1) is 17.0 Å². The number of carbonyl (C=O) groups excluding carboxylic acids is 1. The van der Waals surface area contributed by atoms with Crippen LogP contribution >= 0.6 is 11.6 Å². The molecule has 0 bridgehead atoms. The Hall–Kier alpha value is -2.86. The predicted octanol–water partition coefficient (Wildman–Crippen LogP) is 4.22. The van der Waals surface area contributed by atoms with Crippen molar-refractivity contribution in [3.63, 3.8) is 0 Å². The van der Waals surface area contributed by atoms with E-state index in [-0.39, 0.29) is 11.6 Å². The Kier molecular flexibility index (Phi) is 5.55. The number of anilines is 1. The standard InChI is InChI=1S/C17H15ClN2O4/c1-11-8-15(16(24-2)10-14(11)18)19-17(21)7-6-12-4-3-5-13(9-12)20(22)23/h3-10H,1-2H3,(H,19,21). The fraction of sp³-hybridized carbons (Fsp3) is 0.118. The van der Waals surface area contributed by atoms with Crippen molar-refractivity contribution < 1.29 is 14.5 Å². The third-order valence-corrected chi connectivity index (χ3v) is 3.65. The summed E-state index contributed by atoms with van der Waals surface area (Å²) < 4.78 is 5.19. The SMILES string of the molecule is COc1cc(Cl)c(C)cc1NC(=O)C=Cc1cccc([N+](=O)[O-])c1. The molecule has 0 saturated heterocycles. The van der Waals surface area contributed by atoms with Gasteiger partial charge in [0.15, 0.2) is 0 Å². The lowest BCUT2D eigenvalue weighted by Gasteiger charge is -2.11. The molecular formula is C17H15ClN2O4. The fourth-order valence-corrected chi connectivity index (χ4v) is 2.17. The lowest BCUT2D eigenvalue weighted by Crippen LogP contribution is -2.09. The molecule has 24 heavy (non-hydrogen) atoms. The number of methoxy groups -OCH3 is 1. The molecular weight excluding hydrogens is 332 g/mol. The van der Waals surface area contributed by atoms with Gasteiger partial charge in [0.05, 0.1) is 17.7 Å². The maximum absolute atomic E-state index is 12.0. The predicted molar refractivity (Wildman–Crippen MR) is 93.5 cm³/mol. The number of carbonyl (C=O) groups is 1. The van der Waals surface area contributed by atoms with Crippen LogP contribution in [0.2, 0.25) is 5.02 Å². The van der Waals surface area contributed by atoms with Crippen molar-refractivity contribution in [3.8, 4) is 5.75 Å². The normalized spacial score (nSPS) is 10.6. The molecule has 0 unspecified atom stereocenters. The smallest absolute Gasteiger partial charge is 0.270 e. The lowest BCUT2D eigenvalue weighted by molar-refractivity contribution is -0.384. The number of hydrogen-bond donors (Lipinski definition) is 1. The monoisotopic (exact) mass is 346 g/mol. The van der Waals surface area contributed by atoms with Gasteiger partial charge < -0.3 is 10.1 Å². The Balaban J connectivity index is 2.15. The minimum absolute atomic E-state index is 0.0347. The summed E-state index contributed by atoms with van der Waals surface area (Å²) in [7, 11) is 1.48. The van der Waals surface area contributed by atoms with E-state index in [1.165, 1.54) is 31.4 Å². The molecule has 2 rings (SSSR count). The summed E-state index contributed by atoms with van der Waals surface area (Å²) in [6.45, 7) is 1.82. The third-order valence-electron chi connectivity index (χ3n) is 3.25. The Morgan fingerprint density at radius 3 is 2.75 bits per heavy atom. The van der Waals surface area contributed by atoms with Crippen LogP contribution in [0.1, 0.15) is 11.1 Å². The van der Waals surface area contributed by atoms with Crippen LogP contribution in [0.15, 0.2) is 42.5 Å². The number of non-ortho nitro benzene ring substituents is 1. The van der Waals surface area contributed by atoms with Gasteiger partial charge in [-0.2, -0.15) is 0 Å². The lowest BCUT2D eigenvalue weighted by atomic mass is 10.2. The molecule has 1 N–H and O–H groups in total. The van der Waals surface area contributed by atoms with Crippen molar-refractivity contribution in [2.24, 2.45) is 0 Å². The first-order chi connectivity index (χ1) is 11.4. The summed E-state index contributed by atoms with van der Waals surface area (Å²) >= 11 is 6.02. The molecule has 0 aliphatic carbocycles. The van der Waals surface area contributed by atoms with Gasteiger partial charge in [-0.3, -0.25) is 14.9 Å². The summed E-state index contributed by atoms with van der Waals surface area (Å²) in [4.78, 5) is 22.3. The molecule has 0 saturated carbocycles. The summed E-state index contributed by atoms with van der Waals surface area (Å²) in [6.07, 6.45) is 2.79. The summed E-state index contributed by atoms with van der Waals surface area (Å²) in [5.74, 6) is 0.0595. The van der Waals surface area contributed by atoms with Gasteiger partial charge in [0, 0.05) is 29.3 Å². The summed E-state index contributed by atoms with van der Waals surface area (Å²) in [6, 6.07) is 9.33. The van der Waals surface area contributed by atoms with E-state index >= 15 is 0 Å². The van der Waals surface area contributed by atoms with E-state index in [0.717, 1.165) is 5.56 Å².